The Labute approximate surface area is 162 Å². The third-order valence-corrected chi connectivity index (χ3v) is 6.76. The highest BCUT2D eigenvalue weighted by Gasteiger charge is 2.40. The molecule has 0 fully saturated rings. The molecule has 0 heteroatoms. The van der Waals surface area contributed by atoms with Crippen molar-refractivity contribution < 1.29 is 0 Å². The van der Waals surface area contributed by atoms with Gasteiger partial charge in [-0.15, -0.1) is 0 Å². The topological polar surface area (TPSA) is 0 Å². The number of allylic oxidation sites excluding steroid dienone is 2. The molecule has 5 rings (SSSR count). The minimum atomic E-state index is 0.574. The van der Waals surface area contributed by atoms with Gasteiger partial charge in [0.15, 0.2) is 0 Å². The largest absolute Gasteiger partial charge is 0.0763 e. The first-order chi connectivity index (χ1) is 13.2. The first kappa shape index (κ1) is 16.6. The Morgan fingerprint density at radius 1 is 0.704 bits per heavy atom. The van der Waals surface area contributed by atoms with Gasteiger partial charge in [-0.1, -0.05) is 78.9 Å². The van der Waals surface area contributed by atoms with Gasteiger partial charge >= 0.3 is 0 Å². The molecule has 0 aromatic heterocycles. The van der Waals surface area contributed by atoms with E-state index in [-0.39, 0.29) is 0 Å². The molecule has 134 valence electrons. The highest BCUT2D eigenvalue weighted by atomic mass is 14.4. The van der Waals surface area contributed by atoms with Gasteiger partial charge in [0.25, 0.3) is 0 Å². The summed E-state index contributed by atoms with van der Waals surface area (Å²) in [6.07, 6.45) is 4.90. The molecule has 3 aromatic carbocycles. The fourth-order valence-electron chi connectivity index (χ4n) is 5.16. The van der Waals surface area contributed by atoms with E-state index in [1.165, 1.54) is 27.8 Å². The summed E-state index contributed by atoms with van der Waals surface area (Å²) in [6, 6.07) is 27.2. The Hall–Kier alpha value is -2.60. The zero-order valence-corrected chi connectivity index (χ0v) is 16.2. The van der Waals surface area contributed by atoms with E-state index in [2.05, 4.69) is 92.7 Å². The van der Waals surface area contributed by atoms with Crippen LogP contribution >= 0.6 is 0 Å². The van der Waals surface area contributed by atoms with Crippen LogP contribution in [0.15, 0.2) is 78.9 Å². The lowest BCUT2D eigenvalue weighted by molar-refractivity contribution is 0.412. The summed E-state index contributed by atoms with van der Waals surface area (Å²) in [5.41, 5.74) is 10.3. The van der Waals surface area contributed by atoms with Crippen molar-refractivity contribution >= 4 is 5.57 Å². The van der Waals surface area contributed by atoms with E-state index in [4.69, 9.17) is 0 Å². The zero-order valence-electron chi connectivity index (χ0n) is 16.2. The second-order valence-corrected chi connectivity index (χ2v) is 8.30. The van der Waals surface area contributed by atoms with E-state index in [9.17, 15) is 0 Å². The summed E-state index contributed by atoms with van der Waals surface area (Å²) >= 11 is 0. The highest BCUT2D eigenvalue weighted by Crippen LogP contribution is 2.53. The monoisotopic (exact) mass is 350 g/mol. The molecular weight excluding hydrogens is 324 g/mol. The fraction of sp³-hybridized carbons (Fsp3) is 0.259. The van der Waals surface area contributed by atoms with Crippen LogP contribution in [0.3, 0.4) is 0 Å². The van der Waals surface area contributed by atoms with E-state index in [1.807, 2.05) is 0 Å². The Bertz CT molecular complexity index is 1010. The lowest BCUT2D eigenvalue weighted by atomic mass is 9.68. The van der Waals surface area contributed by atoms with Crippen LogP contribution in [-0.4, -0.2) is 0 Å². The van der Waals surface area contributed by atoms with E-state index in [0.717, 1.165) is 12.8 Å². The van der Waals surface area contributed by atoms with Crippen molar-refractivity contribution in [1.29, 1.82) is 0 Å². The fourth-order valence-corrected chi connectivity index (χ4v) is 5.16. The van der Waals surface area contributed by atoms with Gasteiger partial charge in [-0.2, -0.15) is 0 Å². The van der Waals surface area contributed by atoms with Gasteiger partial charge in [0.05, 0.1) is 0 Å². The maximum Gasteiger partial charge on any atom is -0.00495 e. The molecule has 3 atom stereocenters. The SMILES string of the molecule is Cc1ccc(C2Cc3ccccc3C3CC(c4ccccc4)=CC23)cc1C. The van der Waals surface area contributed by atoms with Crippen molar-refractivity contribution in [2.75, 3.05) is 0 Å². The summed E-state index contributed by atoms with van der Waals surface area (Å²) in [5, 5.41) is 0. The minimum Gasteiger partial charge on any atom is -0.0763 e. The average molecular weight is 351 g/mol. The number of benzene rings is 3. The zero-order chi connectivity index (χ0) is 18.4. The normalized spacial score (nSPS) is 23.5. The second-order valence-electron chi connectivity index (χ2n) is 8.30. The Morgan fingerprint density at radius 2 is 1.48 bits per heavy atom. The van der Waals surface area contributed by atoms with Crippen LogP contribution in [0, 0.1) is 19.8 Å². The number of rotatable bonds is 2. The number of hydrogen-bond donors (Lipinski definition) is 0. The molecule has 3 unspecified atom stereocenters. The standard InChI is InChI=1S/C27H26/c1-18-12-13-22(14-19(18)2)25-15-21-10-6-7-11-24(21)26-16-23(17-27(25)26)20-8-4-3-5-9-20/h3-14,17,25-27H,15-16H2,1-2H3. The summed E-state index contributed by atoms with van der Waals surface area (Å²) < 4.78 is 0. The van der Waals surface area contributed by atoms with Crippen molar-refractivity contribution in [2.24, 2.45) is 5.92 Å². The van der Waals surface area contributed by atoms with Crippen LogP contribution in [0.2, 0.25) is 0 Å². The average Bonchev–Trinajstić information content (AvgIpc) is 3.16. The molecule has 27 heavy (non-hydrogen) atoms. The lowest BCUT2D eigenvalue weighted by Gasteiger charge is -2.36. The number of hydrogen-bond acceptors (Lipinski definition) is 0. The van der Waals surface area contributed by atoms with Crippen LogP contribution in [0.25, 0.3) is 5.57 Å². The van der Waals surface area contributed by atoms with Crippen molar-refractivity contribution in [3.8, 4) is 0 Å². The molecular formula is C27H26. The van der Waals surface area contributed by atoms with Crippen molar-refractivity contribution in [1.82, 2.24) is 0 Å². The molecule has 0 saturated carbocycles. The smallest absolute Gasteiger partial charge is 0.00495 e. The predicted molar refractivity (Wildman–Crippen MR) is 114 cm³/mol. The summed E-state index contributed by atoms with van der Waals surface area (Å²) in [4.78, 5) is 0. The van der Waals surface area contributed by atoms with E-state index in [1.54, 1.807) is 11.1 Å². The molecule has 3 aromatic rings. The number of aryl methyl sites for hydroxylation is 2. The van der Waals surface area contributed by atoms with Gasteiger partial charge in [0.1, 0.15) is 0 Å². The summed E-state index contributed by atoms with van der Waals surface area (Å²) in [5.74, 6) is 1.78. The van der Waals surface area contributed by atoms with Crippen LogP contribution in [0.5, 0.6) is 0 Å². The van der Waals surface area contributed by atoms with Crippen LogP contribution in [-0.2, 0) is 6.42 Å². The first-order valence-electron chi connectivity index (χ1n) is 10.1. The molecule has 0 heterocycles. The molecule has 0 radical (unpaired) electrons. The van der Waals surface area contributed by atoms with Gasteiger partial charge in [0.2, 0.25) is 0 Å². The van der Waals surface area contributed by atoms with Crippen molar-refractivity contribution in [2.45, 2.75) is 38.5 Å². The number of fused-ring (bicyclic) bond motifs is 3. The van der Waals surface area contributed by atoms with Crippen molar-refractivity contribution in [3.05, 3.63) is 112 Å². The maximum absolute atomic E-state index is 2.59. The molecule has 0 aliphatic heterocycles. The molecule has 0 amide bonds. The van der Waals surface area contributed by atoms with Gasteiger partial charge < -0.3 is 0 Å². The van der Waals surface area contributed by atoms with Gasteiger partial charge in [0, 0.05) is 0 Å². The van der Waals surface area contributed by atoms with Gasteiger partial charge in [-0.25, -0.2) is 0 Å². The van der Waals surface area contributed by atoms with Crippen molar-refractivity contribution in [3.63, 3.8) is 0 Å². The van der Waals surface area contributed by atoms with Gasteiger partial charge in [-0.05, 0) is 83.4 Å². The Kier molecular flexibility index (Phi) is 4.01. The molecule has 0 nitrogen and oxygen atoms in total. The Morgan fingerprint density at radius 3 is 2.30 bits per heavy atom. The van der Waals surface area contributed by atoms with Crippen LogP contribution in [0.4, 0.5) is 0 Å². The third kappa shape index (κ3) is 2.84. The quantitative estimate of drug-likeness (QED) is 0.475. The highest BCUT2D eigenvalue weighted by molar-refractivity contribution is 5.70. The van der Waals surface area contributed by atoms with E-state index in [0.29, 0.717) is 17.8 Å². The third-order valence-electron chi connectivity index (χ3n) is 6.76. The first-order valence-corrected chi connectivity index (χ1v) is 10.1. The molecule has 0 spiro atoms. The van der Waals surface area contributed by atoms with Crippen LogP contribution < -0.4 is 0 Å². The Balaban J connectivity index is 1.61. The molecule has 0 N–H and O–H groups in total. The molecule has 2 aliphatic carbocycles. The lowest BCUT2D eigenvalue weighted by Crippen LogP contribution is -2.24. The van der Waals surface area contributed by atoms with Crippen LogP contribution in [0.1, 0.15) is 51.6 Å². The molecule has 2 aliphatic rings. The molecule has 0 bridgehead atoms. The van der Waals surface area contributed by atoms with Gasteiger partial charge in [-0.3, -0.25) is 0 Å². The summed E-state index contributed by atoms with van der Waals surface area (Å²) in [6.45, 7) is 4.45. The molecule has 0 saturated heterocycles. The second kappa shape index (κ2) is 6.53. The summed E-state index contributed by atoms with van der Waals surface area (Å²) in [7, 11) is 0. The van der Waals surface area contributed by atoms with E-state index >= 15 is 0 Å². The predicted octanol–water partition coefficient (Wildman–Crippen LogP) is 6.83. The van der Waals surface area contributed by atoms with E-state index < -0.39 is 0 Å². The maximum atomic E-state index is 2.59. The minimum absolute atomic E-state index is 0.574.